The summed E-state index contributed by atoms with van der Waals surface area (Å²) in [7, 11) is 0. The molecule has 3 fully saturated rings. The summed E-state index contributed by atoms with van der Waals surface area (Å²) >= 11 is 0. The highest BCUT2D eigenvalue weighted by molar-refractivity contribution is 5.53. The average molecular weight is 356 g/mol. The lowest BCUT2D eigenvalue weighted by Crippen LogP contribution is -2.53. The SMILES string of the molecule is N#Cc1cccnc1N1CCC(N[C@H]2CCOC3(CCOCC3)C2)CC1. The Balaban J connectivity index is 1.30. The highest BCUT2D eigenvalue weighted by atomic mass is 16.5. The van der Waals surface area contributed by atoms with Crippen LogP contribution in [0.4, 0.5) is 5.82 Å². The van der Waals surface area contributed by atoms with Gasteiger partial charge in [-0.05, 0) is 50.7 Å². The highest BCUT2D eigenvalue weighted by Gasteiger charge is 2.39. The fourth-order valence-electron chi connectivity index (χ4n) is 4.59. The molecular formula is C20H28N4O2. The molecular weight excluding hydrogens is 328 g/mol. The molecule has 6 heteroatoms. The van der Waals surface area contributed by atoms with Gasteiger partial charge in [0, 0.05) is 51.2 Å². The Morgan fingerprint density at radius 1 is 1.15 bits per heavy atom. The third kappa shape index (κ3) is 3.85. The molecule has 140 valence electrons. The lowest BCUT2D eigenvalue weighted by Gasteiger charge is -2.45. The summed E-state index contributed by atoms with van der Waals surface area (Å²) in [6, 6.07) is 7.02. The van der Waals surface area contributed by atoms with Crippen molar-refractivity contribution in [1.82, 2.24) is 10.3 Å². The van der Waals surface area contributed by atoms with Gasteiger partial charge >= 0.3 is 0 Å². The monoisotopic (exact) mass is 356 g/mol. The molecule has 4 rings (SSSR count). The second-order valence-corrected chi connectivity index (χ2v) is 7.75. The molecule has 0 unspecified atom stereocenters. The summed E-state index contributed by atoms with van der Waals surface area (Å²) in [4.78, 5) is 6.68. The Morgan fingerprint density at radius 2 is 1.96 bits per heavy atom. The molecule has 0 aromatic carbocycles. The van der Waals surface area contributed by atoms with E-state index in [2.05, 4.69) is 21.3 Å². The number of rotatable bonds is 3. The van der Waals surface area contributed by atoms with Crippen LogP contribution in [0.2, 0.25) is 0 Å². The predicted octanol–water partition coefficient (Wildman–Crippen LogP) is 2.24. The number of pyridine rings is 1. The molecule has 0 amide bonds. The minimum Gasteiger partial charge on any atom is -0.381 e. The molecule has 3 aliphatic heterocycles. The smallest absolute Gasteiger partial charge is 0.146 e. The van der Waals surface area contributed by atoms with Gasteiger partial charge in [0.05, 0.1) is 11.2 Å². The van der Waals surface area contributed by atoms with Crippen molar-refractivity contribution in [1.29, 1.82) is 5.26 Å². The zero-order chi connectivity index (χ0) is 17.8. The third-order valence-electron chi connectivity index (χ3n) is 6.07. The number of ether oxygens (including phenoxy) is 2. The van der Waals surface area contributed by atoms with Crippen LogP contribution >= 0.6 is 0 Å². The standard InChI is InChI=1S/C20H28N4O2/c21-15-16-2-1-8-22-19(16)24-9-3-17(4-10-24)23-18-5-11-26-20(14-18)6-12-25-13-7-20/h1-2,8,17-18,23H,3-7,9-14H2/t18-/m0/s1. The van der Waals surface area contributed by atoms with Gasteiger partial charge in [-0.15, -0.1) is 0 Å². The fourth-order valence-corrected chi connectivity index (χ4v) is 4.59. The summed E-state index contributed by atoms with van der Waals surface area (Å²) in [5.41, 5.74) is 0.717. The largest absolute Gasteiger partial charge is 0.381 e. The topological polar surface area (TPSA) is 70.4 Å². The van der Waals surface area contributed by atoms with E-state index in [9.17, 15) is 5.26 Å². The molecule has 1 aromatic heterocycles. The van der Waals surface area contributed by atoms with E-state index in [1.54, 1.807) is 6.20 Å². The molecule has 0 radical (unpaired) electrons. The number of anilines is 1. The number of hydrogen-bond donors (Lipinski definition) is 1. The molecule has 26 heavy (non-hydrogen) atoms. The maximum absolute atomic E-state index is 9.29. The molecule has 1 N–H and O–H groups in total. The summed E-state index contributed by atoms with van der Waals surface area (Å²) < 4.78 is 11.7. The lowest BCUT2D eigenvalue weighted by molar-refractivity contribution is -0.141. The van der Waals surface area contributed by atoms with E-state index in [0.717, 1.165) is 77.3 Å². The second kappa shape index (κ2) is 7.91. The molecule has 3 aliphatic rings. The van der Waals surface area contributed by atoms with Crippen molar-refractivity contribution in [2.24, 2.45) is 0 Å². The van der Waals surface area contributed by atoms with E-state index in [4.69, 9.17) is 9.47 Å². The van der Waals surface area contributed by atoms with Gasteiger partial charge in [-0.2, -0.15) is 5.26 Å². The number of aromatic nitrogens is 1. The molecule has 0 bridgehead atoms. The molecule has 4 heterocycles. The van der Waals surface area contributed by atoms with Gasteiger partial charge in [-0.25, -0.2) is 4.98 Å². The van der Waals surface area contributed by atoms with Crippen LogP contribution in [0, 0.1) is 11.3 Å². The van der Waals surface area contributed by atoms with Crippen molar-refractivity contribution >= 4 is 5.82 Å². The van der Waals surface area contributed by atoms with Crippen molar-refractivity contribution in [3.8, 4) is 6.07 Å². The van der Waals surface area contributed by atoms with Crippen LogP contribution in [0.5, 0.6) is 0 Å². The van der Waals surface area contributed by atoms with E-state index in [1.807, 2.05) is 12.1 Å². The van der Waals surface area contributed by atoms with Crippen molar-refractivity contribution < 1.29 is 9.47 Å². The fraction of sp³-hybridized carbons (Fsp3) is 0.700. The van der Waals surface area contributed by atoms with E-state index in [1.165, 1.54) is 0 Å². The Kier molecular flexibility index (Phi) is 5.39. The van der Waals surface area contributed by atoms with Crippen molar-refractivity contribution in [3.63, 3.8) is 0 Å². The predicted molar refractivity (Wildman–Crippen MR) is 99.1 cm³/mol. The molecule has 1 atom stereocenters. The first-order chi connectivity index (χ1) is 12.8. The van der Waals surface area contributed by atoms with E-state index >= 15 is 0 Å². The minimum absolute atomic E-state index is 0.0462. The molecule has 6 nitrogen and oxygen atoms in total. The number of nitrogens with zero attached hydrogens (tertiary/aromatic N) is 3. The van der Waals surface area contributed by atoms with Crippen LogP contribution in [0.25, 0.3) is 0 Å². The van der Waals surface area contributed by atoms with Crippen molar-refractivity contribution in [2.75, 3.05) is 37.8 Å². The van der Waals surface area contributed by atoms with Crippen LogP contribution in [-0.4, -0.2) is 55.6 Å². The number of nitriles is 1. The number of piperidine rings is 1. The van der Waals surface area contributed by atoms with Gasteiger partial charge in [-0.1, -0.05) is 0 Å². The van der Waals surface area contributed by atoms with Crippen LogP contribution in [0.1, 0.15) is 44.1 Å². The zero-order valence-electron chi connectivity index (χ0n) is 15.3. The maximum atomic E-state index is 9.29. The molecule has 3 saturated heterocycles. The van der Waals surface area contributed by atoms with E-state index in [0.29, 0.717) is 17.6 Å². The second-order valence-electron chi connectivity index (χ2n) is 7.75. The molecule has 0 aliphatic carbocycles. The lowest BCUT2D eigenvalue weighted by atomic mass is 9.83. The molecule has 1 spiro atoms. The first-order valence-corrected chi connectivity index (χ1v) is 9.86. The van der Waals surface area contributed by atoms with Gasteiger partial charge in [-0.3, -0.25) is 0 Å². The summed E-state index contributed by atoms with van der Waals surface area (Å²) in [6.07, 6.45) is 8.22. The first-order valence-electron chi connectivity index (χ1n) is 9.86. The van der Waals surface area contributed by atoms with Crippen LogP contribution in [0.3, 0.4) is 0 Å². The quantitative estimate of drug-likeness (QED) is 0.896. The van der Waals surface area contributed by atoms with Crippen LogP contribution in [0.15, 0.2) is 18.3 Å². The minimum atomic E-state index is 0.0462. The Labute approximate surface area is 155 Å². The summed E-state index contributed by atoms with van der Waals surface area (Å²) in [5.74, 6) is 0.834. The van der Waals surface area contributed by atoms with E-state index in [-0.39, 0.29) is 5.60 Å². The van der Waals surface area contributed by atoms with Gasteiger partial charge in [0.25, 0.3) is 0 Å². The van der Waals surface area contributed by atoms with Gasteiger partial charge in [0.1, 0.15) is 11.9 Å². The normalized spacial score (nSPS) is 26.6. The van der Waals surface area contributed by atoms with Gasteiger partial charge < -0.3 is 19.7 Å². The van der Waals surface area contributed by atoms with Gasteiger partial charge in [0.15, 0.2) is 0 Å². The summed E-state index contributed by atoms with van der Waals surface area (Å²) in [5, 5.41) is 13.2. The number of hydrogen-bond acceptors (Lipinski definition) is 6. The van der Waals surface area contributed by atoms with Crippen LogP contribution < -0.4 is 10.2 Å². The number of nitrogens with one attached hydrogen (secondary N) is 1. The van der Waals surface area contributed by atoms with Crippen LogP contribution in [-0.2, 0) is 9.47 Å². The Bertz CT molecular complexity index is 640. The summed E-state index contributed by atoms with van der Waals surface area (Å²) in [6.45, 7) is 4.42. The molecule has 0 saturated carbocycles. The van der Waals surface area contributed by atoms with Crippen molar-refractivity contribution in [3.05, 3.63) is 23.9 Å². The van der Waals surface area contributed by atoms with Crippen molar-refractivity contribution in [2.45, 2.75) is 56.2 Å². The third-order valence-corrected chi connectivity index (χ3v) is 6.07. The Morgan fingerprint density at radius 3 is 2.73 bits per heavy atom. The maximum Gasteiger partial charge on any atom is 0.146 e. The van der Waals surface area contributed by atoms with Gasteiger partial charge in [0.2, 0.25) is 0 Å². The van der Waals surface area contributed by atoms with E-state index < -0.39 is 0 Å². The average Bonchev–Trinajstić information content (AvgIpc) is 2.69. The highest BCUT2D eigenvalue weighted by Crippen LogP contribution is 2.34. The first kappa shape index (κ1) is 17.7. The molecule has 1 aromatic rings. The zero-order valence-corrected chi connectivity index (χ0v) is 15.3. The Hall–Kier alpha value is -1.68.